The number of ether oxygens (including phenoxy) is 1. The maximum absolute atomic E-state index is 13.3. The summed E-state index contributed by atoms with van der Waals surface area (Å²) < 4.78 is 84.8. The van der Waals surface area contributed by atoms with E-state index in [-0.39, 0.29) is 100 Å². The van der Waals surface area contributed by atoms with E-state index in [9.17, 15) is 54.7 Å². The normalized spacial score (nSPS) is 16.3. The van der Waals surface area contributed by atoms with Crippen LogP contribution in [0.4, 0.5) is 5.69 Å². The van der Waals surface area contributed by atoms with Crippen LogP contribution in [0.25, 0.3) is 60.8 Å². The number of rotatable bonds is 11. The van der Waals surface area contributed by atoms with Gasteiger partial charge in [-0.3, -0.25) is 24.1 Å². The van der Waals surface area contributed by atoms with Crippen molar-refractivity contribution >= 4 is 122 Å². The minimum atomic E-state index is -4.80. The van der Waals surface area contributed by atoms with Gasteiger partial charge in [0.1, 0.15) is 26.8 Å². The van der Waals surface area contributed by atoms with Gasteiger partial charge in [0.25, 0.3) is 35.7 Å². The number of imide groups is 2. The van der Waals surface area contributed by atoms with Crippen LogP contribution in [0, 0.1) is 0 Å². The van der Waals surface area contributed by atoms with Crippen molar-refractivity contribution in [3.63, 3.8) is 0 Å². The molecular weight excluding hydrogens is 960 g/mol. The minimum Gasteiger partial charge on any atom is -0.744 e. The Hall–Kier alpha value is -6.55. The van der Waals surface area contributed by atoms with Gasteiger partial charge in [0.2, 0.25) is 11.5 Å². The third-order valence-corrected chi connectivity index (χ3v) is 12.8. The van der Waals surface area contributed by atoms with E-state index in [4.69, 9.17) is 18.8 Å². The van der Waals surface area contributed by atoms with Gasteiger partial charge >= 0.3 is 69.2 Å². The van der Waals surface area contributed by atoms with Crippen LogP contribution < -0.4 is 65.6 Å². The maximum atomic E-state index is 13.3. The summed E-state index contributed by atoms with van der Waals surface area (Å²) in [6.45, 7) is -1.15. The van der Waals surface area contributed by atoms with Crippen molar-refractivity contribution in [2.45, 2.75) is 42.0 Å². The van der Waals surface area contributed by atoms with Gasteiger partial charge in [-0.05, 0) is 48.5 Å². The van der Waals surface area contributed by atoms with Gasteiger partial charge in [-0.1, -0.05) is 18.2 Å². The molecule has 0 saturated carbocycles. The average molecular weight is 989 g/mol. The molecule has 0 aliphatic carbocycles. The molecule has 22 nitrogen and oxygen atoms in total. The molecule has 25 heteroatoms. The number of anilines is 1. The van der Waals surface area contributed by atoms with E-state index in [1.54, 1.807) is 24.3 Å². The van der Waals surface area contributed by atoms with E-state index in [2.05, 4.69) is 9.97 Å². The smallest absolute Gasteiger partial charge is 0.744 e. The van der Waals surface area contributed by atoms with Crippen LogP contribution in [0.3, 0.4) is 0 Å². The molecule has 10 rings (SSSR count). The van der Waals surface area contributed by atoms with E-state index < -0.39 is 78.7 Å². The van der Waals surface area contributed by atoms with Gasteiger partial charge in [0.15, 0.2) is 5.75 Å². The summed E-state index contributed by atoms with van der Waals surface area (Å²) >= 11 is 0. The van der Waals surface area contributed by atoms with Gasteiger partial charge in [0.05, 0.1) is 32.6 Å². The number of aromatic amines is 2. The second-order valence-electron chi connectivity index (χ2n) is 15.4. The zero-order chi connectivity index (χ0) is 47.1. The fraction of sp³-hybridized carbons (Fsp3) is 0.140. The molecule has 2 N–H and O–H groups in total. The first-order valence-electron chi connectivity index (χ1n) is 20.0. The molecule has 2 fully saturated rings. The number of benzene rings is 4. The van der Waals surface area contributed by atoms with Crippen molar-refractivity contribution in [3.05, 3.63) is 96.7 Å². The number of aromatic nitrogens is 3. The van der Waals surface area contributed by atoms with E-state index in [0.29, 0.717) is 64.9 Å². The largest absolute Gasteiger partial charge is 1.00 e. The summed E-state index contributed by atoms with van der Waals surface area (Å²) in [6.07, 6.45) is 6.98. The first-order valence-corrected chi connectivity index (χ1v) is 22.8. The van der Waals surface area contributed by atoms with Crippen molar-refractivity contribution in [1.29, 1.82) is 0 Å². The molecule has 6 heterocycles. The molecule has 3 aliphatic rings. The monoisotopic (exact) mass is 988 g/mol. The quantitative estimate of drug-likeness (QED) is 0.0580. The van der Waals surface area contributed by atoms with Crippen LogP contribution in [0.2, 0.25) is 0 Å². The van der Waals surface area contributed by atoms with Gasteiger partial charge in [-0.15, -0.1) is 14.7 Å². The molecule has 0 spiro atoms. The molecule has 3 aliphatic heterocycles. The number of amides is 4. The Balaban J connectivity index is 0.00000578. The van der Waals surface area contributed by atoms with Gasteiger partial charge in [-0.25, -0.2) is 26.4 Å². The Morgan fingerprint density at radius 3 is 1.78 bits per heavy atom. The molecule has 4 aromatic carbocycles. The molecule has 2 saturated heterocycles. The second kappa shape index (κ2) is 17.5. The molecule has 0 unspecified atom stereocenters. The number of hydrogen-bond acceptors (Lipinski definition) is 17. The number of H-pyrrole nitrogens is 2. The van der Waals surface area contributed by atoms with Crippen molar-refractivity contribution in [3.8, 4) is 5.75 Å². The number of oxazole rings is 1. The van der Waals surface area contributed by atoms with Crippen LogP contribution in [-0.2, 0) is 65.2 Å². The number of carbonyl (C=O) groups is 6. The van der Waals surface area contributed by atoms with E-state index >= 15 is 0 Å². The van der Waals surface area contributed by atoms with Crippen molar-refractivity contribution < 1.29 is 129 Å². The van der Waals surface area contributed by atoms with E-state index in [1.165, 1.54) is 76.2 Å². The molecular formula is C43H29KN6O16S2. The summed E-state index contributed by atoms with van der Waals surface area (Å²) in [5, 5.41) is 2.51. The average Bonchev–Trinajstić information content (AvgIpc) is 4.11. The Labute approximate surface area is 424 Å². The third kappa shape index (κ3) is 8.62. The first kappa shape index (κ1) is 46.6. The fourth-order valence-electron chi connectivity index (χ4n) is 8.01. The summed E-state index contributed by atoms with van der Waals surface area (Å²) in [4.78, 5) is 92.4. The number of nitrogens with one attached hydrogen (secondary N) is 2. The molecule has 0 bridgehead atoms. The van der Waals surface area contributed by atoms with Gasteiger partial charge in [-0.2, -0.15) is 0 Å². The van der Waals surface area contributed by atoms with Crippen LogP contribution in [0.15, 0.2) is 105 Å². The Bertz CT molecular complexity index is 3710. The first-order chi connectivity index (χ1) is 31.9. The van der Waals surface area contributed by atoms with Crippen LogP contribution in [-0.4, -0.2) is 88.1 Å². The summed E-state index contributed by atoms with van der Waals surface area (Å²) in [5.74, 6) is -4.38. The molecule has 68 heavy (non-hydrogen) atoms. The number of hydroxylamine groups is 4. The number of allylic oxidation sites excluding steroid dienone is 4. The zero-order valence-corrected chi connectivity index (χ0v) is 39.8. The Morgan fingerprint density at radius 1 is 0.676 bits per heavy atom. The SMILES string of the molecule is O=C(CN1/C(=C/C=C/C=C/c2oc3cc4[nH]c5ccc(S(=O)(=O)[O-])cc5c4cc3[n+]2CC(=O)ON2C(=O)CCC2=O)Oc2cc3[nH]c4ccc(S(=O)(=O)[O-])cc4c3cc21)ON1C(=O)CCC1=O.[K+]. The fourth-order valence-corrected chi connectivity index (χ4v) is 9.00. The molecule has 4 amide bonds. The van der Waals surface area contributed by atoms with Crippen LogP contribution in [0.1, 0.15) is 31.6 Å². The van der Waals surface area contributed by atoms with E-state index in [0.717, 1.165) is 0 Å². The number of hydrogen-bond donors (Lipinski definition) is 2. The predicted octanol–water partition coefficient (Wildman–Crippen LogP) is 0.326. The molecule has 7 aromatic rings. The number of fused-ring (bicyclic) bond motifs is 8. The van der Waals surface area contributed by atoms with Crippen molar-refractivity contribution in [2.24, 2.45) is 0 Å². The van der Waals surface area contributed by atoms with Gasteiger partial charge in [0, 0.05) is 76.5 Å². The topological polar surface area (TPSA) is 303 Å². The second-order valence-corrected chi connectivity index (χ2v) is 18.1. The Morgan fingerprint density at radius 2 is 1.21 bits per heavy atom. The summed E-state index contributed by atoms with van der Waals surface area (Å²) in [5.41, 5.74) is 2.86. The molecule has 0 atom stereocenters. The molecule has 0 radical (unpaired) electrons. The summed E-state index contributed by atoms with van der Waals surface area (Å²) in [6, 6.07) is 14.1. The zero-order valence-electron chi connectivity index (χ0n) is 35.0. The number of carbonyl (C=O) groups excluding carboxylic acids is 6. The predicted molar refractivity (Wildman–Crippen MR) is 226 cm³/mol. The summed E-state index contributed by atoms with van der Waals surface area (Å²) in [7, 11) is -9.61. The van der Waals surface area contributed by atoms with E-state index in [1.807, 2.05) is 0 Å². The minimum absolute atomic E-state index is 0. The van der Waals surface area contributed by atoms with Crippen molar-refractivity contribution in [1.82, 2.24) is 20.1 Å². The molecule has 340 valence electrons. The maximum Gasteiger partial charge on any atom is 1.00 e. The third-order valence-electron chi connectivity index (χ3n) is 11.1. The van der Waals surface area contributed by atoms with Crippen LogP contribution >= 0.6 is 0 Å². The Kier molecular flexibility index (Phi) is 12.0. The molecule has 3 aromatic heterocycles. The standard InChI is InChI=1S/C43H30N6O16S2.K/c50-36-10-11-37(51)48(36)64-42(54)20-46-32-16-26-24-14-22(66(56,57)58)6-8-28(24)44-30(26)18-34(32)62-40(46)4-2-1-3-5-41-47(21-43(55)65-49-38(52)12-13-39(49)53)33-17-27-25-15-23(67(59,60)61)7-9-29(25)45-31(27)19-35(33)63-41;/h1-9,14-19,44-45H,10-13,20-21H2,(H-,56,57,58,59,60,61);/q;+1/p-1. The number of nitrogens with zero attached hydrogens (tertiary/aromatic N) is 4. The van der Waals surface area contributed by atoms with Crippen molar-refractivity contribution in [2.75, 3.05) is 11.4 Å². The van der Waals surface area contributed by atoms with Gasteiger partial charge < -0.3 is 37.9 Å². The van der Waals surface area contributed by atoms with Crippen LogP contribution in [0.5, 0.6) is 5.75 Å².